The minimum Gasteiger partial charge on any atom is -0.379 e. The van der Waals surface area contributed by atoms with Crippen LogP contribution in [-0.4, -0.2) is 11.9 Å². The second-order valence-corrected chi connectivity index (χ2v) is 6.02. The van der Waals surface area contributed by atoms with E-state index >= 15 is 0 Å². The molecule has 0 aromatic heterocycles. The van der Waals surface area contributed by atoms with Gasteiger partial charge >= 0.3 is 0 Å². The molecule has 0 radical (unpaired) electrons. The first kappa shape index (κ1) is 17.8. The summed E-state index contributed by atoms with van der Waals surface area (Å²) in [5.74, 6) is -0.0818. The van der Waals surface area contributed by atoms with Gasteiger partial charge in [-0.05, 0) is 43.2 Å². The molecule has 1 amide bonds. The maximum Gasteiger partial charge on any atom is 0.251 e. The first-order valence-corrected chi connectivity index (χ1v) is 8.25. The molecule has 0 spiro atoms. The van der Waals surface area contributed by atoms with Gasteiger partial charge in [0.05, 0.1) is 16.3 Å². The highest BCUT2D eigenvalue weighted by Gasteiger charge is 2.10. The third kappa shape index (κ3) is 4.50. The highest BCUT2D eigenvalue weighted by Crippen LogP contribution is 2.26. The number of halogens is 1. The molecule has 1 unspecified atom stereocenters. The highest BCUT2D eigenvalue weighted by atomic mass is 35.5. The summed E-state index contributed by atoms with van der Waals surface area (Å²) in [5.41, 5.74) is 2.66. The van der Waals surface area contributed by atoms with E-state index in [1.807, 2.05) is 32.0 Å². The fraction of sp³-hybridized carbons (Fsp3) is 0.263. The monoisotopic (exact) mass is 341 g/mol. The van der Waals surface area contributed by atoms with Crippen molar-refractivity contribution in [3.8, 4) is 6.07 Å². The van der Waals surface area contributed by atoms with Crippen molar-refractivity contribution >= 4 is 23.2 Å². The second kappa shape index (κ2) is 8.37. The number of nitrogens with zero attached hydrogens (tertiary/aromatic N) is 1. The molecule has 24 heavy (non-hydrogen) atoms. The first-order chi connectivity index (χ1) is 11.5. The van der Waals surface area contributed by atoms with Gasteiger partial charge in [-0.2, -0.15) is 5.26 Å². The van der Waals surface area contributed by atoms with Gasteiger partial charge in [0.15, 0.2) is 0 Å². The summed E-state index contributed by atoms with van der Waals surface area (Å²) in [7, 11) is 0. The van der Waals surface area contributed by atoms with Crippen LogP contribution in [0.5, 0.6) is 0 Å². The molecule has 124 valence electrons. The van der Waals surface area contributed by atoms with Gasteiger partial charge in [0, 0.05) is 18.2 Å². The Morgan fingerprint density at radius 1 is 1.29 bits per heavy atom. The fourth-order valence-electron chi connectivity index (χ4n) is 2.22. The van der Waals surface area contributed by atoms with E-state index in [0.29, 0.717) is 28.4 Å². The van der Waals surface area contributed by atoms with E-state index < -0.39 is 0 Å². The van der Waals surface area contributed by atoms with Crippen LogP contribution in [-0.2, 0) is 6.54 Å². The molecular weight excluding hydrogens is 322 g/mol. The van der Waals surface area contributed by atoms with Crippen LogP contribution in [0.2, 0.25) is 5.02 Å². The maximum atomic E-state index is 12.2. The van der Waals surface area contributed by atoms with Crippen molar-refractivity contribution < 1.29 is 4.79 Å². The number of carbonyl (C=O) groups is 1. The van der Waals surface area contributed by atoms with Crippen molar-refractivity contribution in [3.63, 3.8) is 0 Å². The Bertz CT molecular complexity index is 767. The topological polar surface area (TPSA) is 64.9 Å². The molecule has 0 saturated carbocycles. The van der Waals surface area contributed by atoms with Crippen LogP contribution >= 0.6 is 11.6 Å². The molecule has 0 bridgehead atoms. The van der Waals surface area contributed by atoms with Gasteiger partial charge in [0.25, 0.3) is 5.91 Å². The smallest absolute Gasteiger partial charge is 0.251 e. The number of nitriles is 1. The summed E-state index contributed by atoms with van der Waals surface area (Å²) in [6.45, 7) is 4.48. The number of nitrogens with one attached hydrogen (secondary N) is 2. The van der Waals surface area contributed by atoms with E-state index in [9.17, 15) is 4.79 Å². The van der Waals surface area contributed by atoms with Gasteiger partial charge in [-0.15, -0.1) is 0 Å². The zero-order chi connectivity index (χ0) is 17.5. The van der Waals surface area contributed by atoms with Gasteiger partial charge in [-0.25, -0.2) is 0 Å². The summed E-state index contributed by atoms with van der Waals surface area (Å²) >= 11 is 6.15. The normalized spacial score (nSPS) is 11.4. The number of rotatable bonds is 6. The molecule has 2 N–H and O–H groups in total. The number of hydrogen-bond acceptors (Lipinski definition) is 3. The standard InChI is InChI=1S/C19H20ClN3O/c1-3-13(2)23-19(24)15-7-4-6-14(10-15)12-22-18-16(11-21)8-5-9-17(18)20/h4-10,13,22H,3,12H2,1-2H3,(H,23,24). The molecule has 0 aliphatic carbocycles. The minimum atomic E-state index is -0.0818. The summed E-state index contributed by atoms with van der Waals surface area (Å²) < 4.78 is 0. The van der Waals surface area contributed by atoms with Gasteiger partial charge < -0.3 is 10.6 Å². The number of amides is 1. The van der Waals surface area contributed by atoms with Crippen LogP contribution in [0.15, 0.2) is 42.5 Å². The fourth-order valence-corrected chi connectivity index (χ4v) is 2.46. The van der Waals surface area contributed by atoms with Gasteiger partial charge in [-0.3, -0.25) is 4.79 Å². The average Bonchev–Trinajstić information content (AvgIpc) is 2.60. The largest absolute Gasteiger partial charge is 0.379 e. The SMILES string of the molecule is CCC(C)NC(=O)c1cccc(CNc2c(Cl)cccc2C#N)c1. The number of hydrogen-bond donors (Lipinski definition) is 2. The summed E-state index contributed by atoms with van der Waals surface area (Å²) in [4.78, 5) is 12.2. The lowest BCUT2D eigenvalue weighted by Crippen LogP contribution is -2.31. The van der Waals surface area contributed by atoms with E-state index in [1.165, 1.54) is 0 Å². The van der Waals surface area contributed by atoms with E-state index in [4.69, 9.17) is 16.9 Å². The van der Waals surface area contributed by atoms with Gasteiger partial charge in [0.2, 0.25) is 0 Å². The van der Waals surface area contributed by atoms with Crippen molar-refractivity contribution in [3.05, 3.63) is 64.2 Å². The Morgan fingerprint density at radius 2 is 2.04 bits per heavy atom. The number of para-hydroxylation sites is 1. The van der Waals surface area contributed by atoms with Crippen LogP contribution in [0.1, 0.15) is 41.8 Å². The minimum absolute atomic E-state index is 0.0818. The van der Waals surface area contributed by atoms with E-state index in [2.05, 4.69) is 16.7 Å². The van der Waals surface area contributed by atoms with Crippen molar-refractivity contribution in [2.45, 2.75) is 32.9 Å². The molecule has 0 aliphatic heterocycles. The molecule has 0 saturated heterocycles. The summed E-state index contributed by atoms with van der Waals surface area (Å²) in [5, 5.41) is 15.8. The molecule has 4 nitrogen and oxygen atoms in total. The Kier molecular flexibility index (Phi) is 6.22. The quantitative estimate of drug-likeness (QED) is 0.820. The number of anilines is 1. The molecular formula is C19H20ClN3O. The number of carbonyl (C=O) groups excluding carboxylic acids is 1. The van der Waals surface area contributed by atoms with Crippen LogP contribution in [0.3, 0.4) is 0 Å². The maximum absolute atomic E-state index is 12.2. The lowest BCUT2D eigenvalue weighted by molar-refractivity contribution is 0.0939. The summed E-state index contributed by atoms with van der Waals surface area (Å²) in [6, 6.07) is 14.9. The van der Waals surface area contributed by atoms with Gasteiger partial charge in [-0.1, -0.05) is 36.7 Å². The van der Waals surface area contributed by atoms with Crippen molar-refractivity contribution in [1.29, 1.82) is 5.26 Å². The molecule has 2 rings (SSSR count). The number of benzene rings is 2. The predicted molar refractivity (Wildman–Crippen MR) is 97.2 cm³/mol. The average molecular weight is 342 g/mol. The highest BCUT2D eigenvalue weighted by molar-refractivity contribution is 6.33. The zero-order valence-corrected chi connectivity index (χ0v) is 14.5. The first-order valence-electron chi connectivity index (χ1n) is 7.87. The Balaban J connectivity index is 2.11. The molecule has 0 fully saturated rings. The lowest BCUT2D eigenvalue weighted by atomic mass is 10.1. The van der Waals surface area contributed by atoms with Crippen LogP contribution < -0.4 is 10.6 Å². The molecule has 0 heterocycles. The zero-order valence-electron chi connectivity index (χ0n) is 13.8. The third-order valence-corrected chi connectivity index (χ3v) is 4.10. The predicted octanol–water partition coefficient (Wildman–Crippen LogP) is 4.35. The van der Waals surface area contributed by atoms with Crippen molar-refractivity contribution in [2.75, 3.05) is 5.32 Å². The van der Waals surface area contributed by atoms with Crippen LogP contribution in [0, 0.1) is 11.3 Å². The molecule has 2 aromatic rings. The van der Waals surface area contributed by atoms with E-state index in [1.54, 1.807) is 24.3 Å². The van der Waals surface area contributed by atoms with Crippen LogP contribution in [0.4, 0.5) is 5.69 Å². The lowest BCUT2D eigenvalue weighted by Gasteiger charge is -2.13. The summed E-state index contributed by atoms with van der Waals surface area (Å²) in [6.07, 6.45) is 0.885. The molecule has 0 aliphatic rings. The van der Waals surface area contributed by atoms with E-state index in [0.717, 1.165) is 12.0 Å². The van der Waals surface area contributed by atoms with Gasteiger partial charge in [0.1, 0.15) is 6.07 Å². The van der Waals surface area contributed by atoms with Crippen molar-refractivity contribution in [2.24, 2.45) is 0 Å². The molecule has 1 atom stereocenters. The molecule has 2 aromatic carbocycles. The van der Waals surface area contributed by atoms with Crippen molar-refractivity contribution in [1.82, 2.24) is 5.32 Å². The Hall–Kier alpha value is -2.51. The van der Waals surface area contributed by atoms with Crippen LogP contribution in [0.25, 0.3) is 0 Å². The Morgan fingerprint density at radius 3 is 2.75 bits per heavy atom. The third-order valence-electron chi connectivity index (χ3n) is 3.78. The van der Waals surface area contributed by atoms with E-state index in [-0.39, 0.29) is 11.9 Å². The molecule has 5 heteroatoms. The second-order valence-electron chi connectivity index (χ2n) is 5.61. The Labute approximate surface area is 147 Å².